The standard InChI is InChI=1S/C22H16FN3O3S.C19H13ClFN3O5S/c23-18-10-16(26(28)29)11-20(22(18)27)25-13-15-4-1-2-6-21(15)30-17-8-7-14-5-3-9-24-19(14)12-17;20-12-1-4-15(5-2-12)30-18-6-3-13(23(26)27)7-11(18)10-22-17-9-14(24(28)29)8-16(21)19(17)25/h1-12,25,27H,13H2;1-9,22,25H,10H2. The lowest BCUT2D eigenvalue weighted by Gasteiger charge is -2.13. The number of nitro benzene ring substituents is 3. The molecule has 6 aromatic carbocycles. The summed E-state index contributed by atoms with van der Waals surface area (Å²) in [5.41, 5.74) is 0.927. The van der Waals surface area contributed by atoms with Gasteiger partial charge in [0, 0.05) is 73.5 Å². The van der Waals surface area contributed by atoms with Gasteiger partial charge in [-0.2, -0.15) is 0 Å². The Balaban J connectivity index is 0.000000201. The number of nitrogens with one attached hydrogen (secondary N) is 2. The zero-order valence-electron chi connectivity index (χ0n) is 30.6. The molecule has 19 heteroatoms. The minimum absolute atomic E-state index is 0.0311. The molecule has 0 aliphatic carbocycles. The molecular formula is C41H29ClF2N6O8S2. The second-order valence-electron chi connectivity index (χ2n) is 12.5. The molecule has 0 unspecified atom stereocenters. The Kier molecular flexibility index (Phi) is 13.6. The molecule has 60 heavy (non-hydrogen) atoms. The number of hydrogen-bond donors (Lipinski definition) is 4. The maximum atomic E-state index is 13.8. The molecule has 1 heterocycles. The van der Waals surface area contributed by atoms with Gasteiger partial charge in [0.25, 0.3) is 17.1 Å². The number of rotatable bonds is 13. The highest BCUT2D eigenvalue weighted by molar-refractivity contribution is 7.99. The van der Waals surface area contributed by atoms with Gasteiger partial charge in [-0.25, -0.2) is 8.78 Å². The van der Waals surface area contributed by atoms with Crippen molar-refractivity contribution >= 4 is 74.5 Å². The van der Waals surface area contributed by atoms with Crippen molar-refractivity contribution in [1.29, 1.82) is 0 Å². The normalized spacial score (nSPS) is 10.7. The van der Waals surface area contributed by atoms with E-state index >= 15 is 0 Å². The molecule has 0 saturated heterocycles. The van der Waals surface area contributed by atoms with Crippen molar-refractivity contribution in [3.63, 3.8) is 0 Å². The minimum atomic E-state index is -1.15. The van der Waals surface area contributed by atoms with Gasteiger partial charge in [-0.15, -0.1) is 0 Å². The highest BCUT2D eigenvalue weighted by Gasteiger charge is 2.19. The third kappa shape index (κ3) is 10.7. The molecule has 7 rings (SSSR count). The van der Waals surface area contributed by atoms with Crippen LogP contribution in [0.25, 0.3) is 10.9 Å². The average Bonchev–Trinajstić information content (AvgIpc) is 3.23. The number of phenolic OH excluding ortho intramolecular Hbond substituents is 2. The molecule has 304 valence electrons. The summed E-state index contributed by atoms with van der Waals surface area (Å²) in [4.78, 5) is 38.9. The fourth-order valence-electron chi connectivity index (χ4n) is 5.56. The molecule has 0 bridgehead atoms. The van der Waals surface area contributed by atoms with Crippen LogP contribution in [0.2, 0.25) is 5.02 Å². The van der Waals surface area contributed by atoms with Crippen LogP contribution in [0.1, 0.15) is 11.1 Å². The number of hydrogen-bond acceptors (Lipinski definition) is 13. The number of fused-ring (bicyclic) bond motifs is 1. The van der Waals surface area contributed by atoms with E-state index in [1.54, 1.807) is 48.3 Å². The average molecular weight is 871 g/mol. The van der Waals surface area contributed by atoms with E-state index in [-0.39, 0.29) is 30.2 Å². The summed E-state index contributed by atoms with van der Waals surface area (Å²) in [6, 6.07) is 32.2. The molecule has 1 aromatic heterocycles. The van der Waals surface area contributed by atoms with E-state index in [1.165, 1.54) is 23.9 Å². The molecule has 0 amide bonds. The number of aromatic hydroxyl groups is 2. The highest BCUT2D eigenvalue weighted by Crippen LogP contribution is 2.37. The third-order valence-electron chi connectivity index (χ3n) is 8.53. The molecule has 0 radical (unpaired) electrons. The Labute approximate surface area is 352 Å². The number of phenols is 2. The number of benzene rings is 6. The number of anilines is 2. The van der Waals surface area contributed by atoms with Gasteiger partial charge in [0.2, 0.25) is 0 Å². The zero-order valence-corrected chi connectivity index (χ0v) is 33.0. The highest BCUT2D eigenvalue weighted by atomic mass is 35.5. The van der Waals surface area contributed by atoms with Crippen LogP contribution < -0.4 is 10.6 Å². The molecular weight excluding hydrogens is 842 g/mol. The number of nitro groups is 3. The van der Waals surface area contributed by atoms with Gasteiger partial charge < -0.3 is 20.8 Å². The summed E-state index contributed by atoms with van der Waals surface area (Å²) < 4.78 is 27.6. The third-order valence-corrected chi connectivity index (χ3v) is 11.0. The fourth-order valence-corrected chi connectivity index (χ4v) is 7.59. The lowest BCUT2D eigenvalue weighted by Crippen LogP contribution is -2.04. The first-order valence-electron chi connectivity index (χ1n) is 17.4. The predicted molar refractivity (Wildman–Crippen MR) is 225 cm³/mol. The van der Waals surface area contributed by atoms with Gasteiger partial charge in [0.05, 0.1) is 43.8 Å². The zero-order chi connectivity index (χ0) is 42.9. The van der Waals surface area contributed by atoms with Crippen LogP contribution in [0.3, 0.4) is 0 Å². The maximum absolute atomic E-state index is 13.8. The molecule has 0 saturated carbocycles. The van der Waals surface area contributed by atoms with Crippen LogP contribution in [-0.4, -0.2) is 30.0 Å². The smallest absolute Gasteiger partial charge is 0.274 e. The first kappa shape index (κ1) is 42.6. The van der Waals surface area contributed by atoms with Crippen molar-refractivity contribution in [1.82, 2.24) is 4.98 Å². The van der Waals surface area contributed by atoms with E-state index in [2.05, 4.69) is 15.6 Å². The number of non-ortho nitro benzene ring substituents is 3. The monoisotopic (exact) mass is 870 g/mol. The largest absolute Gasteiger partial charge is 0.503 e. The van der Waals surface area contributed by atoms with E-state index in [0.717, 1.165) is 43.3 Å². The van der Waals surface area contributed by atoms with Crippen LogP contribution in [0.5, 0.6) is 11.5 Å². The van der Waals surface area contributed by atoms with Crippen molar-refractivity contribution < 1.29 is 33.8 Å². The lowest BCUT2D eigenvalue weighted by molar-refractivity contribution is -0.385. The van der Waals surface area contributed by atoms with E-state index in [0.29, 0.717) is 27.6 Å². The van der Waals surface area contributed by atoms with Crippen LogP contribution >= 0.6 is 35.1 Å². The van der Waals surface area contributed by atoms with Crippen molar-refractivity contribution in [3.8, 4) is 11.5 Å². The number of nitrogens with zero attached hydrogens (tertiary/aromatic N) is 4. The van der Waals surface area contributed by atoms with E-state index in [9.17, 15) is 49.3 Å². The minimum Gasteiger partial charge on any atom is -0.503 e. The Hall–Kier alpha value is -7.02. The Morgan fingerprint density at radius 2 is 1.15 bits per heavy atom. The Bertz CT molecular complexity index is 2750. The second kappa shape index (κ2) is 19.2. The van der Waals surface area contributed by atoms with E-state index in [1.807, 2.05) is 54.6 Å². The summed E-state index contributed by atoms with van der Waals surface area (Å²) >= 11 is 8.77. The molecule has 14 nitrogen and oxygen atoms in total. The molecule has 0 aliphatic heterocycles. The summed E-state index contributed by atoms with van der Waals surface area (Å²) in [5.74, 6) is -3.62. The predicted octanol–water partition coefficient (Wildman–Crippen LogP) is 11.5. The lowest BCUT2D eigenvalue weighted by atomic mass is 10.2. The second-order valence-corrected chi connectivity index (χ2v) is 15.2. The maximum Gasteiger partial charge on any atom is 0.274 e. The number of aromatic nitrogens is 1. The van der Waals surface area contributed by atoms with Gasteiger partial charge in [-0.05, 0) is 65.7 Å². The van der Waals surface area contributed by atoms with Gasteiger partial charge in [0.15, 0.2) is 23.1 Å². The number of halogens is 3. The van der Waals surface area contributed by atoms with Gasteiger partial charge in [-0.3, -0.25) is 35.3 Å². The van der Waals surface area contributed by atoms with Crippen molar-refractivity contribution in [2.75, 3.05) is 10.6 Å². The van der Waals surface area contributed by atoms with Gasteiger partial charge >= 0.3 is 0 Å². The fraction of sp³-hybridized carbons (Fsp3) is 0.0488. The SMILES string of the molecule is O=[N+]([O-])c1cc(F)c(O)c(NCc2ccccc2Sc2ccc3cccnc3c2)c1.O=[N+]([O-])c1ccc(Sc2ccc(Cl)cc2)c(CNc2cc([N+](=O)[O-])cc(F)c2O)c1. The van der Waals surface area contributed by atoms with Gasteiger partial charge in [-0.1, -0.05) is 65.5 Å². The molecule has 0 atom stereocenters. The number of pyridine rings is 1. The molecule has 0 fully saturated rings. The van der Waals surface area contributed by atoms with Crippen molar-refractivity contribution in [3.05, 3.63) is 186 Å². The first-order chi connectivity index (χ1) is 28.7. The Morgan fingerprint density at radius 3 is 1.77 bits per heavy atom. The topological polar surface area (TPSA) is 207 Å². The molecule has 0 spiro atoms. The quantitative estimate of drug-likeness (QED) is 0.0484. The van der Waals surface area contributed by atoms with Crippen molar-refractivity contribution in [2.45, 2.75) is 32.7 Å². The summed E-state index contributed by atoms with van der Waals surface area (Å²) in [6.45, 7) is 0.203. The van der Waals surface area contributed by atoms with Crippen LogP contribution in [0, 0.1) is 42.0 Å². The summed E-state index contributed by atoms with van der Waals surface area (Å²) in [5, 5.41) is 60.1. The van der Waals surface area contributed by atoms with Crippen LogP contribution in [-0.2, 0) is 13.1 Å². The molecule has 7 aromatic rings. The molecule has 0 aliphatic rings. The summed E-state index contributed by atoms with van der Waals surface area (Å²) in [7, 11) is 0. The van der Waals surface area contributed by atoms with Crippen LogP contribution in [0.4, 0.5) is 37.2 Å². The van der Waals surface area contributed by atoms with Crippen LogP contribution in [0.15, 0.2) is 147 Å². The molecule has 4 N–H and O–H groups in total. The Morgan fingerprint density at radius 1 is 0.600 bits per heavy atom. The van der Waals surface area contributed by atoms with E-state index < -0.39 is 49.3 Å². The van der Waals surface area contributed by atoms with E-state index in [4.69, 9.17) is 11.6 Å². The van der Waals surface area contributed by atoms with Crippen molar-refractivity contribution in [2.24, 2.45) is 0 Å². The first-order valence-corrected chi connectivity index (χ1v) is 19.4. The van der Waals surface area contributed by atoms with Gasteiger partial charge in [0.1, 0.15) is 0 Å². The summed E-state index contributed by atoms with van der Waals surface area (Å²) in [6.07, 6.45) is 1.75.